The van der Waals surface area contributed by atoms with Crippen LogP contribution in [0.5, 0.6) is 0 Å². The molecule has 0 bridgehead atoms. The van der Waals surface area contributed by atoms with Crippen LogP contribution < -0.4 is 5.73 Å². The second kappa shape index (κ2) is 7.13. The lowest BCUT2D eigenvalue weighted by molar-refractivity contribution is 0.182. The number of benzene rings is 1. The van der Waals surface area contributed by atoms with Crippen LogP contribution in [0.2, 0.25) is 5.02 Å². The van der Waals surface area contributed by atoms with Gasteiger partial charge in [0.1, 0.15) is 0 Å². The van der Waals surface area contributed by atoms with Crippen molar-refractivity contribution in [2.24, 2.45) is 5.73 Å². The molecule has 0 aliphatic rings. The van der Waals surface area contributed by atoms with Crippen molar-refractivity contribution in [2.75, 3.05) is 20.0 Å². The van der Waals surface area contributed by atoms with Gasteiger partial charge in [-0.1, -0.05) is 29.8 Å². The van der Waals surface area contributed by atoms with Crippen molar-refractivity contribution in [2.45, 2.75) is 17.5 Å². The summed E-state index contributed by atoms with van der Waals surface area (Å²) in [5, 5.41) is 4.86. The van der Waals surface area contributed by atoms with Gasteiger partial charge in [-0.2, -0.15) is 5.10 Å². The molecular formula is C14H18ClN3OS. The number of halogens is 1. The number of nitrogens with two attached hydrogens (primary N) is 1. The minimum Gasteiger partial charge on any atom is -0.383 e. The maximum atomic E-state index is 6.41. The highest BCUT2D eigenvalue weighted by atomic mass is 35.5. The maximum Gasteiger partial charge on any atom is 0.0837 e. The van der Waals surface area contributed by atoms with Crippen LogP contribution in [0.25, 0.3) is 0 Å². The number of hydrogen-bond acceptors (Lipinski definition) is 4. The van der Waals surface area contributed by atoms with Crippen LogP contribution in [-0.2, 0) is 11.3 Å². The van der Waals surface area contributed by atoms with Gasteiger partial charge < -0.3 is 10.5 Å². The third-order valence-electron chi connectivity index (χ3n) is 3.11. The van der Waals surface area contributed by atoms with Gasteiger partial charge in [-0.15, -0.1) is 11.8 Å². The molecule has 1 unspecified atom stereocenters. The molecule has 108 valence electrons. The van der Waals surface area contributed by atoms with Gasteiger partial charge in [0, 0.05) is 12.0 Å². The fraction of sp³-hybridized carbons (Fsp3) is 0.357. The summed E-state index contributed by atoms with van der Waals surface area (Å²) in [6.07, 6.45) is 3.67. The normalized spacial score (nSPS) is 12.6. The van der Waals surface area contributed by atoms with E-state index in [-0.39, 0.29) is 6.04 Å². The molecule has 0 radical (unpaired) electrons. The average Bonchev–Trinajstić information content (AvgIpc) is 2.85. The number of aromatic nitrogens is 2. The summed E-state index contributed by atoms with van der Waals surface area (Å²) in [5.74, 6) is 0. The molecule has 1 aromatic heterocycles. The first-order valence-corrected chi connectivity index (χ1v) is 7.88. The number of nitrogens with zero attached hydrogens (tertiary/aromatic N) is 2. The monoisotopic (exact) mass is 311 g/mol. The molecule has 0 saturated carbocycles. The summed E-state index contributed by atoms with van der Waals surface area (Å²) in [6.45, 7) is 1.20. The Labute approximate surface area is 128 Å². The number of methoxy groups -OCH3 is 1. The summed E-state index contributed by atoms with van der Waals surface area (Å²) in [6, 6.07) is 7.78. The van der Waals surface area contributed by atoms with Crippen molar-refractivity contribution < 1.29 is 4.74 Å². The van der Waals surface area contributed by atoms with Crippen LogP contribution in [0, 0.1) is 0 Å². The standard InChI is InChI=1S/C14H18ClN3OS/c1-19-8-7-18-14(11(15)9-17-18)13(16)10-5-3-4-6-12(10)20-2/h3-6,9,13H,7-8,16H2,1-2H3. The third kappa shape index (κ3) is 3.17. The zero-order valence-corrected chi connectivity index (χ0v) is 13.1. The first-order valence-electron chi connectivity index (χ1n) is 6.27. The van der Waals surface area contributed by atoms with Gasteiger partial charge in [-0.05, 0) is 17.9 Å². The highest BCUT2D eigenvalue weighted by molar-refractivity contribution is 7.98. The van der Waals surface area contributed by atoms with Crippen molar-refractivity contribution in [1.29, 1.82) is 0 Å². The van der Waals surface area contributed by atoms with Crippen LogP contribution in [0.4, 0.5) is 0 Å². The Morgan fingerprint density at radius 1 is 1.45 bits per heavy atom. The van der Waals surface area contributed by atoms with E-state index in [0.29, 0.717) is 18.2 Å². The van der Waals surface area contributed by atoms with E-state index < -0.39 is 0 Å². The fourth-order valence-electron chi connectivity index (χ4n) is 2.11. The first kappa shape index (κ1) is 15.4. The molecule has 0 aliphatic carbocycles. The zero-order valence-electron chi connectivity index (χ0n) is 11.5. The van der Waals surface area contributed by atoms with E-state index in [2.05, 4.69) is 11.2 Å². The topological polar surface area (TPSA) is 53.1 Å². The van der Waals surface area contributed by atoms with Gasteiger partial charge in [0.05, 0.1) is 36.1 Å². The Bertz CT molecular complexity index is 573. The molecule has 0 saturated heterocycles. The molecule has 0 aliphatic heterocycles. The summed E-state index contributed by atoms with van der Waals surface area (Å²) in [5.41, 5.74) is 8.29. The molecule has 2 aromatic rings. The summed E-state index contributed by atoms with van der Waals surface area (Å²) < 4.78 is 6.90. The van der Waals surface area contributed by atoms with Crippen LogP contribution >= 0.6 is 23.4 Å². The second-order valence-electron chi connectivity index (χ2n) is 4.31. The molecule has 0 amide bonds. The van der Waals surface area contributed by atoms with E-state index in [1.165, 1.54) is 0 Å². The third-order valence-corrected chi connectivity index (χ3v) is 4.21. The van der Waals surface area contributed by atoms with Crippen LogP contribution in [0.1, 0.15) is 17.3 Å². The molecular weight excluding hydrogens is 294 g/mol. The molecule has 6 heteroatoms. The van der Waals surface area contributed by atoms with Gasteiger partial charge in [0.25, 0.3) is 0 Å². The van der Waals surface area contributed by atoms with E-state index >= 15 is 0 Å². The maximum absolute atomic E-state index is 6.41. The number of thioether (sulfide) groups is 1. The largest absolute Gasteiger partial charge is 0.383 e. The molecule has 0 fully saturated rings. The van der Waals surface area contributed by atoms with Crippen LogP contribution in [0.3, 0.4) is 0 Å². The lowest BCUT2D eigenvalue weighted by atomic mass is 10.0. The van der Waals surface area contributed by atoms with Gasteiger partial charge >= 0.3 is 0 Å². The predicted octanol–water partition coefficient (Wildman–Crippen LogP) is 2.95. The lowest BCUT2D eigenvalue weighted by Gasteiger charge is -2.17. The fourth-order valence-corrected chi connectivity index (χ4v) is 3.01. The second-order valence-corrected chi connectivity index (χ2v) is 5.57. The van der Waals surface area contributed by atoms with E-state index in [1.54, 1.807) is 25.1 Å². The Balaban J connectivity index is 2.37. The molecule has 1 aromatic carbocycles. The smallest absolute Gasteiger partial charge is 0.0837 e. The number of ether oxygens (including phenoxy) is 1. The van der Waals surface area contributed by atoms with Crippen molar-refractivity contribution in [3.8, 4) is 0 Å². The van der Waals surface area contributed by atoms with E-state index in [4.69, 9.17) is 22.1 Å². The minimum atomic E-state index is -0.300. The van der Waals surface area contributed by atoms with Gasteiger partial charge in [0.15, 0.2) is 0 Å². The molecule has 2 rings (SSSR count). The number of hydrogen-bond donors (Lipinski definition) is 1. The van der Waals surface area contributed by atoms with Gasteiger partial charge in [0.2, 0.25) is 0 Å². The Kier molecular flexibility index (Phi) is 5.48. The van der Waals surface area contributed by atoms with Gasteiger partial charge in [-0.25, -0.2) is 0 Å². The van der Waals surface area contributed by atoms with Crippen molar-refractivity contribution in [3.05, 3.63) is 46.7 Å². The average molecular weight is 312 g/mol. The van der Waals surface area contributed by atoms with E-state index in [1.807, 2.05) is 29.1 Å². The number of rotatable bonds is 6. The molecule has 4 nitrogen and oxygen atoms in total. The van der Waals surface area contributed by atoms with E-state index in [9.17, 15) is 0 Å². The Morgan fingerprint density at radius 3 is 2.90 bits per heavy atom. The van der Waals surface area contributed by atoms with Crippen LogP contribution in [-0.4, -0.2) is 29.8 Å². The molecule has 1 atom stereocenters. The molecule has 20 heavy (non-hydrogen) atoms. The van der Waals surface area contributed by atoms with Crippen LogP contribution in [0.15, 0.2) is 35.4 Å². The summed E-state index contributed by atoms with van der Waals surface area (Å²) in [4.78, 5) is 1.15. The zero-order chi connectivity index (χ0) is 14.5. The molecule has 0 spiro atoms. The van der Waals surface area contributed by atoms with Crippen molar-refractivity contribution in [3.63, 3.8) is 0 Å². The first-order chi connectivity index (χ1) is 9.69. The molecule has 2 N–H and O–H groups in total. The Hall–Kier alpha value is -1.01. The summed E-state index contributed by atoms with van der Waals surface area (Å²) in [7, 11) is 1.66. The quantitative estimate of drug-likeness (QED) is 0.833. The molecule has 1 heterocycles. The Morgan fingerprint density at radius 2 is 2.20 bits per heavy atom. The van der Waals surface area contributed by atoms with Gasteiger partial charge in [-0.3, -0.25) is 4.68 Å². The SMILES string of the molecule is COCCn1ncc(Cl)c1C(N)c1ccccc1SC. The lowest BCUT2D eigenvalue weighted by Crippen LogP contribution is -2.20. The van der Waals surface area contributed by atoms with E-state index in [0.717, 1.165) is 16.2 Å². The van der Waals surface area contributed by atoms with Crippen molar-refractivity contribution >= 4 is 23.4 Å². The minimum absolute atomic E-state index is 0.300. The highest BCUT2D eigenvalue weighted by Gasteiger charge is 2.20. The predicted molar refractivity (Wildman–Crippen MR) is 83.4 cm³/mol. The highest BCUT2D eigenvalue weighted by Crippen LogP contribution is 2.31. The van der Waals surface area contributed by atoms with Crippen molar-refractivity contribution in [1.82, 2.24) is 9.78 Å². The summed E-state index contributed by atoms with van der Waals surface area (Å²) >= 11 is 7.93.